The third-order valence-electron chi connectivity index (χ3n) is 2.33. The monoisotopic (exact) mass is 231 g/mol. The van der Waals surface area contributed by atoms with Gasteiger partial charge in [0.05, 0.1) is 12.1 Å². The smallest absolute Gasteiger partial charge is 0.335 e. The first-order valence-electron chi connectivity index (χ1n) is 5.16. The molecule has 0 aliphatic heterocycles. The lowest BCUT2D eigenvalue weighted by Crippen LogP contribution is -2.31. The number of hydrogen-bond acceptors (Lipinski definition) is 2. The van der Waals surface area contributed by atoms with E-state index >= 15 is 0 Å². The largest absolute Gasteiger partial charge is 0.478 e. The van der Waals surface area contributed by atoms with Crippen LogP contribution in [0.2, 0.25) is 0 Å². The number of carbonyl (C=O) groups excluding carboxylic acids is 1. The van der Waals surface area contributed by atoms with E-state index in [1.807, 2.05) is 6.92 Å². The molecular weight excluding hydrogens is 218 g/mol. The summed E-state index contributed by atoms with van der Waals surface area (Å²) in [5.41, 5.74) is 0.591. The van der Waals surface area contributed by atoms with Gasteiger partial charge in [-0.1, -0.05) is 5.92 Å². The van der Waals surface area contributed by atoms with E-state index in [0.717, 1.165) is 0 Å². The summed E-state index contributed by atoms with van der Waals surface area (Å²) in [4.78, 5) is 24.1. The van der Waals surface area contributed by atoms with Gasteiger partial charge in [-0.15, -0.1) is 6.42 Å². The summed E-state index contributed by atoms with van der Waals surface area (Å²) in [5.74, 6) is 1.20. The van der Waals surface area contributed by atoms with E-state index in [9.17, 15) is 9.59 Å². The molecule has 1 amide bonds. The number of hydrogen-bond donors (Lipinski definition) is 1. The third kappa shape index (κ3) is 3.08. The number of terminal acetylenes is 1. The van der Waals surface area contributed by atoms with Crippen molar-refractivity contribution in [3.05, 3.63) is 35.4 Å². The predicted octanol–water partition coefficient (Wildman–Crippen LogP) is 1.48. The molecule has 1 aromatic carbocycles. The number of carboxylic acids is 1. The second-order valence-corrected chi connectivity index (χ2v) is 3.41. The van der Waals surface area contributed by atoms with Crippen LogP contribution in [0.25, 0.3) is 0 Å². The molecule has 0 radical (unpaired) electrons. The molecular formula is C13H13NO3. The molecule has 0 saturated heterocycles. The predicted molar refractivity (Wildman–Crippen MR) is 63.8 cm³/mol. The van der Waals surface area contributed by atoms with E-state index in [0.29, 0.717) is 12.1 Å². The van der Waals surface area contributed by atoms with Crippen LogP contribution in [0.3, 0.4) is 0 Å². The second kappa shape index (κ2) is 5.71. The molecule has 4 nitrogen and oxygen atoms in total. The van der Waals surface area contributed by atoms with E-state index in [2.05, 4.69) is 5.92 Å². The molecule has 1 aromatic rings. The van der Waals surface area contributed by atoms with Crippen LogP contribution in [0.5, 0.6) is 0 Å². The Hall–Kier alpha value is -2.28. The Morgan fingerprint density at radius 1 is 1.29 bits per heavy atom. The van der Waals surface area contributed by atoms with Crippen molar-refractivity contribution in [2.75, 3.05) is 13.1 Å². The SMILES string of the molecule is C#CCN(CC)C(=O)c1ccc(C(=O)O)cc1. The molecule has 0 saturated carbocycles. The average molecular weight is 231 g/mol. The lowest BCUT2D eigenvalue weighted by Gasteiger charge is -2.17. The summed E-state index contributed by atoms with van der Waals surface area (Å²) >= 11 is 0. The summed E-state index contributed by atoms with van der Waals surface area (Å²) in [5, 5.41) is 8.73. The zero-order valence-corrected chi connectivity index (χ0v) is 9.51. The Balaban J connectivity index is 2.89. The minimum atomic E-state index is -1.01. The van der Waals surface area contributed by atoms with Crippen LogP contribution < -0.4 is 0 Å². The van der Waals surface area contributed by atoms with Crippen LogP contribution in [0.15, 0.2) is 24.3 Å². The topological polar surface area (TPSA) is 57.6 Å². The Morgan fingerprint density at radius 2 is 1.82 bits per heavy atom. The van der Waals surface area contributed by atoms with Gasteiger partial charge in [-0.2, -0.15) is 0 Å². The highest BCUT2D eigenvalue weighted by atomic mass is 16.4. The Morgan fingerprint density at radius 3 is 2.24 bits per heavy atom. The molecule has 1 N–H and O–H groups in total. The first-order chi connectivity index (χ1) is 8.10. The van der Waals surface area contributed by atoms with Crippen molar-refractivity contribution < 1.29 is 14.7 Å². The molecule has 0 aliphatic carbocycles. The number of aromatic carboxylic acids is 1. The number of carboxylic acid groups (broad SMARTS) is 1. The van der Waals surface area contributed by atoms with Gasteiger partial charge in [0.2, 0.25) is 0 Å². The van der Waals surface area contributed by atoms with E-state index in [4.69, 9.17) is 11.5 Å². The van der Waals surface area contributed by atoms with Crippen molar-refractivity contribution in [1.29, 1.82) is 0 Å². The van der Waals surface area contributed by atoms with Crippen LogP contribution >= 0.6 is 0 Å². The van der Waals surface area contributed by atoms with Crippen LogP contribution in [0.4, 0.5) is 0 Å². The number of rotatable bonds is 4. The molecule has 0 bridgehead atoms. The molecule has 88 valence electrons. The zero-order valence-electron chi connectivity index (χ0n) is 9.51. The normalized spacial score (nSPS) is 9.41. The summed E-state index contributed by atoms with van der Waals surface area (Å²) in [7, 11) is 0. The zero-order chi connectivity index (χ0) is 12.8. The maximum atomic E-state index is 11.9. The first kappa shape index (κ1) is 12.8. The van der Waals surface area contributed by atoms with Crippen molar-refractivity contribution in [3.8, 4) is 12.3 Å². The Bertz CT molecular complexity index is 457. The van der Waals surface area contributed by atoms with Crippen LogP contribution in [-0.2, 0) is 0 Å². The Kier molecular flexibility index (Phi) is 4.29. The van der Waals surface area contributed by atoms with Crippen molar-refractivity contribution >= 4 is 11.9 Å². The molecule has 0 fully saturated rings. The van der Waals surface area contributed by atoms with Crippen molar-refractivity contribution in [1.82, 2.24) is 4.90 Å². The fourth-order valence-electron chi connectivity index (χ4n) is 1.38. The van der Waals surface area contributed by atoms with E-state index in [1.54, 1.807) is 0 Å². The van der Waals surface area contributed by atoms with Gasteiger partial charge >= 0.3 is 5.97 Å². The van der Waals surface area contributed by atoms with E-state index in [1.165, 1.54) is 29.2 Å². The standard InChI is InChI=1S/C13H13NO3/c1-3-9-14(4-2)12(15)10-5-7-11(8-6-10)13(16)17/h1,5-8H,4,9H2,2H3,(H,16,17). The molecule has 0 heterocycles. The quantitative estimate of drug-likeness (QED) is 0.798. The van der Waals surface area contributed by atoms with E-state index < -0.39 is 5.97 Å². The summed E-state index contributed by atoms with van der Waals surface area (Å²) in [6.07, 6.45) is 5.16. The molecule has 0 aromatic heterocycles. The van der Waals surface area contributed by atoms with E-state index in [-0.39, 0.29) is 18.0 Å². The third-order valence-corrected chi connectivity index (χ3v) is 2.33. The van der Waals surface area contributed by atoms with Crippen molar-refractivity contribution in [3.63, 3.8) is 0 Å². The molecule has 0 spiro atoms. The fourth-order valence-corrected chi connectivity index (χ4v) is 1.38. The highest BCUT2D eigenvalue weighted by molar-refractivity contribution is 5.96. The summed E-state index contributed by atoms with van der Waals surface area (Å²) in [6.45, 7) is 2.60. The van der Waals surface area contributed by atoms with Gasteiger partial charge < -0.3 is 10.0 Å². The van der Waals surface area contributed by atoms with Gasteiger partial charge in [-0.3, -0.25) is 4.79 Å². The van der Waals surface area contributed by atoms with Gasteiger partial charge in [-0.05, 0) is 31.2 Å². The van der Waals surface area contributed by atoms with Crippen LogP contribution in [0, 0.1) is 12.3 Å². The minimum absolute atomic E-state index is 0.154. The minimum Gasteiger partial charge on any atom is -0.478 e. The highest BCUT2D eigenvalue weighted by Crippen LogP contribution is 2.07. The Labute approximate surface area is 99.9 Å². The lowest BCUT2D eigenvalue weighted by molar-refractivity contribution is 0.0695. The number of nitrogens with zero attached hydrogens (tertiary/aromatic N) is 1. The maximum Gasteiger partial charge on any atom is 0.335 e. The summed E-state index contributed by atoms with van der Waals surface area (Å²) < 4.78 is 0. The number of amides is 1. The average Bonchev–Trinajstić information content (AvgIpc) is 2.35. The second-order valence-electron chi connectivity index (χ2n) is 3.41. The van der Waals surface area contributed by atoms with Crippen molar-refractivity contribution in [2.45, 2.75) is 6.92 Å². The van der Waals surface area contributed by atoms with Crippen LogP contribution in [-0.4, -0.2) is 35.0 Å². The van der Waals surface area contributed by atoms with Gasteiger partial charge in [0.1, 0.15) is 0 Å². The van der Waals surface area contributed by atoms with Gasteiger partial charge in [-0.25, -0.2) is 4.79 Å². The summed E-state index contributed by atoms with van der Waals surface area (Å²) in [6, 6.07) is 5.79. The fraction of sp³-hybridized carbons (Fsp3) is 0.231. The molecule has 17 heavy (non-hydrogen) atoms. The first-order valence-corrected chi connectivity index (χ1v) is 5.16. The molecule has 0 unspecified atom stereocenters. The van der Waals surface area contributed by atoms with Gasteiger partial charge in [0, 0.05) is 12.1 Å². The van der Waals surface area contributed by atoms with Gasteiger partial charge in [0.15, 0.2) is 0 Å². The van der Waals surface area contributed by atoms with Gasteiger partial charge in [0.25, 0.3) is 5.91 Å². The molecule has 0 aliphatic rings. The molecule has 4 heteroatoms. The van der Waals surface area contributed by atoms with Crippen molar-refractivity contribution in [2.24, 2.45) is 0 Å². The maximum absolute atomic E-state index is 11.9. The molecule has 1 rings (SSSR count). The molecule has 0 atom stereocenters. The number of benzene rings is 1. The number of carbonyl (C=O) groups is 2. The highest BCUT2D eigenvalue weighted by Gasteiger charge is 2.13. The van der Waals surface area contributed by atoms with Crippen LogP contribution in [0.1, 0.15) is 27.6 Å². The lowest BCUT2D eigenvalue weighted by atomic mass is 10.1.